The molecule has 2 aromatic carbocycles. The SMILES string of the molecule is Cc1ccc(/C(=C\c2ccc(C(N)=O)cc2)C(=O)N2CCOCC2)cc1. The number of primary amides is 1. The number of hydrogen-bond donors (Lipinski definition) is 1. The van der Waals surface area contributed by atoms with Crippen molar-refractivity contribution in [3.05, 3.63) is 70.8 Å². The topological polar surface area (TPSA) is 72.6 Å². The van der Waals surface area contributed by atoms with Gasteiger partial charge in [-0.1, -0.05) is 42.0 Å². The molecular formula is C21H22N2O3. The highest BCUT2D eigenvalue weighted by molar-refractivity contribution is 6.24. The summed E-state index contributed by atoms with van der Waals surface area (Å²) in [7, 11) is 0. The highest BCUT2D eigenvalue weighted by atomic mass is 16.5. The quantitative estimate of drug-likeness (QED) is 0.680. The van der Waals surface area contributed by atoms with Crippen LogP contribution in [-0.2, 0) is 9.53 Å². The third-order valence-electron chi connectivity index (χ3n) is 4.40. The average Bonchev–Trinajstić information content (AvgIpc) is 2.67. The molecular weight excluding hydrogens is 328 g/mol. The number of nitrogens with zero attached hydrogens (tertiary/aromatic N) is 1. The molecule has 1 fully saturated rings. The first-order valence-corrected chi connectivity index (χ1v) is 8.60. The molecule has 0 aliphatic carbocycles. The molecule has 5 heteroatoms. The van der Waals surface area contributed by atoms with Crippen molar-refractivity contribution >= 4 is 23.5 Å². The van der Waals surface area contributed by atoms with Crippen molar-refractivity contribution in [1.29, 1.82) is 0 Å². The Kier molecular flexibility index (Phi) is 5.49. The van der Waals surface area contributed by atoms with Gasteiger partial charge in [-0.3, -0.25) is 9.59 Å². The first kappa shape index (κ1) is 17.9. The fraction of sp³-hybridized carbons (Fsp3) is 0.238. The maximum Gasteiger partial charge on any atom is 0.254 e. The summed E-state index contributed by atoms with van der Waals surface area (Å²) < 4.78 is 5.35. The molecule has 5 nitrogen and oxygen atoms in total. The highest BCUT2D eigenvalue weighted by Gasteiger charge is 2.21. The van der Waals surface area contributed by atoms with E-state index < -0.39 is 5.91 Å². The summed E-state index contributed by atoms with van der Waals surface area (Å²) in [4.78, 5) is 26.1. The number of morpholine rings is 1. The van der Waals surface area contributed by atoms with Crippen LogP contribution in [0.3, 0.4) is 0 Å². The summed E-state index contributed by atoms with van der Waals surface area (Å²) in [6.45, 7) is 4.30. The van der Waals surface area contributed by atoms with E-state index in [9.17, 15) is 9.59 Å². The predicted octanol–water partition coefficient (Wildman–Crippen LogP) is 2.49. The van der Waals surface area contributed by atoms with Gasteiger partial charge in [0.25, 0.3) is 5.91 Å². The minimum Gasteiger partial charge on any atom is -0.378 e. The van der Waals surface area contributed by atoms with Crippen molar-refractivity contribution in [3.63, 3.8) is 0 Å². The van der Waals surface area contributed by atoms with Crippen LogP contribution >= 0.6 is 0 Å². The van der Waals surface area contributed by atoms with Crippen LogP contribution in [0.4, 0.5) is 0 Å². The van der Waals surface area contributed by atoms with Crippen molar-refractivity contribution in [1.82, 2.24) is 4.90 Å². The van der Waals surface area contributed by atoms with Gasteiger partial charge in [0.15, 0.2) is 0 Å². The zero-order valence-corrected chi connectivity index (χ0v) is 14.8. The van der Waals surface area contributed by atoms with Gasteiger partial charge in [0, 0.05) is 24.2 Å². The van der Waals surface area contributed by atoms with E-state index >= 15 is 0 Å². The molecule has 2 aromatic rings. The van der Waals surface area contributed by atoms with E-state index in [0.717, 1.165) is 16.7 Å². The van der Waals surface area contributed by atoms with Gasteiger partial charge in [0.1, 0.15) is 0 Å². The molecule has 0 radical (unpaired) electrons. The summed E-state index contributed by atoms with van der Waals surface area (Å²) in [6.07, 6.45) is 1.85. The lowest BCUT2D eigenvalue weighted by atomic mass is 9.99. The van der Waals surface area contributed by atoms with Gasteiger partial charge in [0.2, 0.25) is 5.91 Å². The molecule has 3 rings (SSSR count). The maximum atomic E-state index is 13.1. The van der Waals surface area contributed by atoms with Gasteiger partial charge in [-0.05, 0) is 36.3 Å². The Hall–Kier alpha value is -2.92. The fourth-order valence-corrected chi connectivity index (χ4v) is 2.85. The maximum absolute atomic E-state index is 13.1. The second kappa shape index (κ2) is 7.97. The minimum atomic E-state index is -0.469. The summed E-state index contributed by atoms with van der Waals surface area (Å²) in [5.74, 6) is -0.486. The number of aryl methyl sites for hydroxylation is 1. The summed E-state index contributed by atoms with van der Waals surface area (Å²) >= 11 is 0. The molecule has 2 amide bonds. The second-order valence-corrected chi connectivity index (χ2v) is 6.31. The van der Waals surface area contributed by atoms with Gasteiger partial charge < -0.3 is 15.4 Å². The van der Waals surface area contributed by atoms with E-state index in [4.69, 9.17) is 10.5 Å². The molecule has 0 bridgehead atoms. The summed E-state index contributed by atoms with van der Waals surface area (Å²) in [5, 5.41) is 0. The Morgan fingerprint density at radius 2 is 1.54 bits per heavy atom. The van der Waals surface area contributed by atoms with E-state index in [2.05, 4.69) is 0 Å². The predicted molar refractivity (Wildman–Crippen MR) is 101 cm³/mol. The van der Waals surface area contributed by atoms with E-state index in [0.29, 0.717) is 37.4 Å². The molecule has 1 aliphatic heterocycles. The number of carbonyl (C=O) groups is 2. The Labute approximate surface area is 153 Å². The Morgan fingerprint density at radius 3 is 2.12 bits per heavy atom. The zero-order chi connectivity index (χ0) is 18.5. The molecule has 0 unspecified atom stereocenters. The smallest absolute Gasteiger partial charge is 0.254 e. The lowest BCUT2D eigenvalue weighted by Gasteiger charge is -2.28. The van der Waals surface area contributed by atoms with Gasteiger partial charge in [-0.25, -0.2) is 0 Å². The minimum absolute atomic E-state index is 0.0175. The molecule has 0 spiro atoms. The van der Waals surface area contributed by atoms with Crippen molar-refractivity contribution in [2.45, 2.75) is 6.92 Å². The molecule has 26 heavy (non-hydrogen) atoms. The number of rotatable bonds is 4. The highest BCUT2D eigenvalue weighted by Crippen LogP contribution is 2.22. The zero-order valence-electron chi connectivity index (χ0n) is 14.8. The van der Waals surface area contributed by atoms with E-state index in [1.807, 2.05) is 42.2 Å². The molecule has 0 saturated carbocycles. The summed E-state index contributed by atoms with van der Waals surface area (Å²) in [6, 6.07) is 14.8. The van der Waals surface area contributed by atoms with Crippen molar-refractivity contribution < 1.29 is 14.3 Å². The van der Waals surface area contributed by atoms with Crippen LogP contribution in [0.1, 0.15) is 27.0 Å². The number of benzene rings is 2. The van der Waals surface area contributed by atoms with Gasteiger partial charge in [0.05, 0.1) is 13.2 Å². The van der Waals surface area contributed by atoms with Crippen LogP contribution in [0.25, 0.3) is 11.6 Å². The Morgan fingerprint density at radius 1 is 0.962 bits per heavy atom. The normalized spacial score (nSPS) is 15.0. The first-order valence-electron chi connectivity index (χ1n) is 8.60. The molecule has 1 heterocycles. The molecule has 0 aromatic heterocycles. The third kappa shape index (κ3) is 4.18. The number of carbonyl (C=O) groups excluding carboxylic acids is 2. The number of ether oxygens (including phenoxy) is 1. The largest absolute Gasteiger partial charge is 0.378 e. The van der Waals surface area contributed by atoms with Crippen LogP contribution in [0.15, 0.2) is 48.5 Å². The number of nitrogens with two attached hydrogens (primary N) is 1. The molecule has 2 N–H and O–H groups in total. The monoisotopic (exact) mass is 350 g/mol. The molecule has 1 aliphatic rings. The molecule has 0 atom stereocenters. The van der Waals surface area contributed by atoms with Gasteiger partial charge in [-0.2, -0.15) is 0 Å². The van der Waals surface area contributed by atoms with E-state index in [-0.39, 0.29) is 5.91 Å². The van der Waals surface area contributed by atoms with Crippen molar-refractivity contribution in [2.24, 2.45) is 5.73 Å². The number of hydrogen-bond acceptors (Lipinski definition) is 3. The van der Waals surface area contributed by atoms with Crippen LogP contribution in [0, 0.1) is 6.92 Å². The van der Waals surface area contributed by atoms with Crippen LogP contribution in [-0.4, -0.2) is 43.0 Å². The third-order valence-corrected chi connectivity index (χ3v) is 4.40. The van der Waals surface area contributed by atoms with Crippen molar-refractivity contribution in [2.75, 3.05) is 26.3 Å². The Balaban J connectivity index is 1.97. The standard InChI is InChI=1S/C21H22N2O3/c1-15-2-6-17(7-3-15)19(21(25)23-10-12-26-13-11-23)14-16-4-8-18(9-5-16)20(22)24/h2-9,14H,10-13H2,1H3,(H2,22,24)/b19-14+. The van der Waals surface area contributed by atoms with Gasteiger partial charge in [-0.15, -0.1) is 0 Å². The first-order chi connectivity index (χ1) is 12.5. The fourth-order valence-electron chi connectivity index (χ4n) is 2.85. The van der Waals surface area contributed by atoms with E-state index in [1.54, 1.807) is 24.3 Å². The number of amides is 2. The second-order valence-electron chi connectivity index (χ2n) is 6.31. The van der Waals surface area contributed by atoms with Crippen LogP contribution in [0.5, 0.6) is 0 Å². The summed E-state index contributed by atoms with van der Waals surface area (Å²) in [5.41, 5.74) is 9.20. The Bertz CT molecular complexity index is 817. The van der Waals surface area contributed by atoms with Crippen LogP contribution < -0.4 is 5.73 Å². The lowest BCUT2D eigenvalue weighted by molar-refractivity contribution is -0.128. The van der Waals surface area contributed by atoms with Crippen molar-refractivity contribution in [3.8, 4) is 0 Å². The van der Waals surface area contributed by atoms with Crippen LogP contribution in [0.2, 0.25) is 0 Å². The van der Waals surface area contributed by atoms with E-state index in [1.165, 1.54) is 0 Å². The van der Waals surface area contributed by atoms with Gasteiger partial charge >= 0.3 is 0 Å². The lowest BCUT2D eigenvalue weighted by Crippen LogP contribution is -2.41. The average molecular weight is 350 g/mol. The molecule has 1 saturated heterocycles. The molecule has 134 valence electrons.